The van der Waals surface area contributed by atoms with Crippen molar-refractivity contribution in [2.75, 3.05) is 0 Å². The molecule has 0 aliphatic heterocycles. The molecule has 0 bridgehead atoms. The Morgan fingerprint density at radius 3 is 1.72 bits per heavy atom. The lowest BCUT2D eigenvalue weighted by Crippen LogP contribution is -1.98. The van der Waals surface area contributed by atoms with E-state index in [-0.39, 0.29) is 0 Å². The van der Waals surface area contributed by atoms with E-state index in [1.807, 2.05) is 36.4 Å². The topological polar surface area (TPSA) is 35.6 Å². The van der Waals surface area contributed by atoms with Crippen LogP contribution in [-0.2, 0) is 0 Å². The van der Waals surface area contributed by atoms with E-state index in [1.54, 1.807) is 0 Å². The van der Waals surface area contributed by atoms with Gasteiger partial charge in [-0.25, -0.2) is 9.97 Å². The number of nitrogens with zero attached hydrogens (tertiary/aromatic N) is 4. The molecule has 9 aromatic rings. The Balaban J connectivity index is 1.22. The molecule has 0 aliphatic carbocycles. The second-order valence-electron chi connectivity index (χ2n) is 11.5. The van der Waals surface area contributed by atoms with Gasteiger partial charge < -0.3 is 9.13 Å². The fraction of sp³-hybridized carbons (Fsp3) is 0. The maximum absolute atomic E-state index is 5.07. The third kappa shape index (κ3) is 4.31. The number of hydrogen-bond acceptors (Lipinski definition) is 2. The van der Waals surface area contributed by atoms with Crippen LogP contribution in [0.5, 0.6) is 0 Å². The van der Waals surface area contributed by atoms with Crippen LogP contribution in [0.2, 0.25) is 0 Å². The molecule has 0 unspecified atom stereocenters. The summed E-state index contributed by atoms with van der Waals surface area (Å²) < 4.78 is 4.66. The second kappa shape index (κ2) is 10.7. The fourth-order valence-electron chi connectivity index (χ4n) is 6.63. The fourth-order valence-corrected chi connectivity index (χ4v) is 6.63. The Bertz CT molecular complexity index is 2450. The standard InChI is InChI=1S/C42H28N4/c1-4-13-29(14-5-1)37-28-38(30-15-6-2-7-16-30)44-42(43-37)31-17-12-20-33(27-31)45-26-25-36-39(45)24-23-35-34-21-10-11-22-40(34)46(41(35)36)32-18-8-3-9-19-32/h1-28H. The summed E-state index contributed by atoms with van der Waals surface area (Å²) in [7, 11) is 0. The van der Waals surface area contributed by atoms with Gasteiger partial charge in [-0.1, -0.05) is 115 Å². The van der Waals surface area contributed by atoms with Crippen molar-refractivity contribution in [3.63, 3.8) is 0 Å². The van der Waals surface area contributed by atoms with Crippen molar-refractivity contribution in [3.8, 4) is 45.3 Å². The first-order valence-electron chi connectivity index (χ1n) is 15.5. The summed E-state index contributed by atoms with van der Waals surface area (Å²) in [5.41, 5.74) is 10.7. The minimum atomic E-state index is 0.699. The molecule has 46 heavy (non-hydrogen) atoms. The molecule has 0 atom stereocenters. The molecule has 0 fully saturated rings. The maximum Gasteiger partial charge on any atom is 0.160 e. The van der Waals surface area contributed by atoms with Gasteiger partial charge in [0.25, 0.3) is 0 Å². The molecule has 0 radical (unpaired) electrons. The Labute approximate surface area is 266 Å². The molecular formula is C42H28N4. The zero-order chi connectivity index (χ0) is 30.5. The van der Waals surface area contributed by atoms with E-state index < -0.39 is 0 Å². The van der Waals surface area contributed by atoms with E-state index in [1.165, 1.54) is 27.2 Å². The summed E-state index contributed by atoms with van der Waals surface area (Å²) in [5, 5.41) is 3.71. The summed E-state index contributed by atoms with van der Waals surface area (Å²) in [4.78, 5) is 10.1. The summed E-state index contributed by atoms with van der Waals surface area (Å²) in [5.74, 6) is 0.699. The minimum absolute atomic E-state index is 0.699. The van der Waals surface area contributed by atoms with Gasteiger partial charge in [-0.2, -0.15) is 0 Å². The van der Waals surface area contributed by atoms with Crippen LogP contribution < -0.4 is 0 Å². The lowest BCUT2D eigenvalue weighted by Gasteiger charge is -2.12. The summed E-state index contributed by atoms with van der Waals surface area (Å²) in [6.07, 6.45) is 2.17. The first-order valence-corrected chi connectivity index (χ1v) is 15.5. The van der Waals surface area contributed by atoms with E-state index in [0.717, 1.165) is 45.0 Å². The molecule has 0 aliphatic rings. The number of hydrogen-bond donors (Lipinski definition) is 0. The van der Waals surface area contributed by atoms with Crippen LogP contribution in [0.15, 0.2) is 170 Å². The molecule has 0 amide bonds. The molecule has 3 aromatic heterocycles. The number of para-hydroxylation sites is 2. The van der Waals surface area contributed by atoms with Crippen LogP contribution in [0, 0.1) is 0 Å². The molecule has 0 saturated heterocycles. The average molecular weight is 589 g/mol. The van der Waals surface area contributed by atoms with E-state index in [4.69, 9.17) is 9.97 Å². The molecule has 0 saturated carbocycles. The van der Waals surface area contributed by atoms with Crippen LogP contribution in [0.25, 0.3) is 78.0 Å². The molecule has 3 heterocycles. The van der Waals surface area contributed by atoms with Gasteiger partial charge in [0.05, 0.1) is 27.9 Å². The van der Waals surface area contributed by atoms with Crippen molar-refractivity contribution in [1.29, 1.82) is 0 Å². The van der Waals surface area contributed by atoms with Gasteiger partial charge in [-0.15, -0.1) is 0 Å². The summed E-state index contributed by atoms with van der Waals surface area (Å²) >= 11 is 0. The van der Waals surface area contributed by atoms with E-state index >= 15 is 0 Å². The lowest BCUT2D eigenvalue weighted by atomic mass is 10.1. The highest BCUT2D eigenvalue weighted by Crippen LogP contribution is 2.38. The molecule has 0 N–H and O–H groups in total. The van der Waals surface area contributed by atoms with E-state index in [0.29, 0.717) is 5.82 Å². The molecule has 0 spiro atoms. The summed E-state index contributed by atoms with van der Waals surface area (Å²) in [6.45, 7) is 0. The van der Waals surface area contributed by atoms with Gasteiger partial charge in [-0.05, 0) is 48.5 Å². The van der Waals surface area contributed by atoms with Crippen molar-refractivity contribution in [2.45, 2.75) is 0 Å². The number of fused-ring (bicyclic) bond motifs is 5. The smallest absolute Gasteiger partial charge is 0.160 e. The van der Waals surface area contributed by atoms with Gasteiger partial charge in [-0.3, -0.25) is 0 Å². The number of benzene rings is 6. The third-order valence-corrected chi connectivity index (χ3v) is 8.76. The van der Waals surface area contributed by atoms with Gasteiger partial charge in [0.2, 0.25) is 0 Å². The SMILES string of the molecule is c1ccc(-c2cc(-c3ccccc3)nc(-c3cccc(-n4ccc5c4ccc4c6ccccc6n(-c6ccccc6)c45)c3)n2)cc1. The van der Waals surface area contributed by atoms with E-state index in [9.17, 15) is 0 Å². The predicted molar refractivity (Wildman–Crippen MR) is 190 cm³/mol. The Kier molecular flexibility index (Phi) is 6.10. The van der Waals surface area contributed by atoms with Crippen LogP contribution in [0.1, 0.15) is 0 Å². The van der Waals surface area contributed by atoms with Crippen LogP contribution >= 0.6 is 0 Å². The highest BCUT2D eigenvalue weighted by Gasteiger charge is 2.17. The van der Waals surface area contributed by atoms with Gasteiger partial charge in [0, 0.05) is 50.4 Å². The maximum atomic E-state index is 5.07. The zero-order valence-electron chi connectivity index (χ0n) is 25.0. The van der Waals surface area contributed by atoms with Crippen LogP contribution in [0.4, 0.5) is 0 Å². The second-order valence-corrected chi connectivity index (χ2v) is 11.5. The Morgan fingerprint density at radius 1 is 0.391 bits per heavy atom. The molecule has 9 rings (SSSR count). The third-order valence-electron chi connectivity index (χ3n) is 8.76. The number of rotatable bonds is 5. The average Bonchev–Trinajstić information content (AvgIpc) is 3.72. The first-order chi connectivity index (χ1) is 22.8. The zero-order valence-corrected chi connectivity index (χ0v) is 25.0. The predicted octanol–water partition coefficient (Wildman–Crippen LogP) is 10.5. The molecule has 4 heteroatoms. The van der Waals surface area contributed by atoms with Crippen molar-refractivity contribution < 1.29 is 0 Å². The quantitative estimate of drug-likeness (QED) is 0.200. The largest absolute Gasteiger partial charge is 0.316 e. The highest BCUT2D eigenvalue weighted by molar-refractivity contribution is 6.18. The van der Waals surface area contributed by atoms with Crippen LogP contribution in [-0.4, -0.2) is 19.1 Å². The van der Waals surface area contributed by atoms with Crippen molar-refractivity contribution in [2.24, 2.45) is 0 Å². The van der Waals surface area contributed by atoms with Crippen molar-refractivity contribution in [3.05, 3.63) is 170 Å². The molecule has 6 aromatic carbocycles. The molecule has 4 nitrogen and oxygen atoms in total. The van der Waals surface area contributed by atoms with Crippen molar-refractivity contribution >= 4 is 32.7 Å². The Hall–Kier alpha value is -6.26. The minimum Gasteiger partial charge on any atom is -0.316 e. The van der Waals surface area contributed by atoms with Gasteiger partial charge in [0.1, 0.15) is 0 Å². The summed E-state index contributed by atoms with van der Waals surface area (Å²) in [6, 6.07) is 57.3. The highest BCUT2D eigenvalue weighted by atomic mass is 15.0. The van der Waals surface area contributed by atoms with Crippen molar-refractivity contribution in [1.82, 2.24) is 19.1 Å². The Morgan fingerprint density at radius 2 is 1.00 bits per heavy atom. The van der Waals surface area contributed by atoms with E-state index in [2.05, 4.69) is 143 Å². The molecular weight excluding hydrogens is 560 g/mol. The van der Waals surface area contributed by atoms with Gasteiger partial charge >= 0.3 is 0 Å². The molecule has 216 valence electrons. The monoisotopic (exact) mass is 588 g/mol. The lowest BCUT2D eigenvalue weighted by molar-refractivity contribution is 1.12. The normalized spacial score (nSPS) is 11.5. The number of aromatic nitrogens is 4. The first kappa shape index (κ1) is 26.2. The van der Waals surface area contributed by atoms with Crippen LogP contribution in [0.3, 0.4) is 0 Å². The van der Waals surface area contributed by atoms with Gasteiger partial charge in [0.15, 0.2) is 5.82 Å².